The molecule has 0 unspecified atom stereocenters. The lowest BCUT2D eigenvalue weighted by molar-refractivity contribution is -0.128. The van der Waals surface area contributed by atoms with Crippen LogP contribution in [0.1, 0.15) is 40.0 Å². The van der Waals surface area contributed by atoms with Gasteiger partial charge < -0.3 is 20.3 Å². The number of hydrogen-bond donors (Lipinski definition) is 2. The quantitative estimate of drug-likeness (QED) is 0.351. The van der Waals surface area contributed by atoms with Crippen molar-refractivity contribution in [2.45, 2.75) is 40.0 Å². The third-order valence-electron chi connectivity index (χ3n) is 4.43. The molecule has 1 aliphatic rings. The normalized spacial score (nSPS) is 16.3. The van der Waals surface area contributed by atoms with E-state index in [4.69, 9.17) is 4.74 Å². The highest BCUT2D eigenvalue weighted by atomic mass is 127. The van der Waals surface area contributed by atoms with Gasteiger partial charge in [0, 0.05) is 46.9 Å². The molecule has 0 spiro atoms. The molecule has 6 nitrogen and oxygen atoms in total. The Balaban J connectivity index is 0.00000529. The molecule has 1 saturated heterocycles. The number of nitrogens with one attached hydrogen (secondary N) is 2. The van der Waals surface area contributed by atoms with Crippen LogP contribution in [0.15, 0.2) is 4.99 Å². The highest BCUT2D eigenvalue weighted by Gasteiger charge is 2.27. The number of carbonyl (C=O) groups is 1. The van der Waals surface area contributed by atoms with E-state index in [2.05, 4.69) is 20.5 Å². The Hall–Kier alpha value is -0.570. The largest absolute Gasteiger partial charge is 0.381 e. The Bertz CT molecular complexity index is 396. The lowest BCUT2D eigenvalue weighted by Crippen LogP contribution is -2.48. The molecule has 1 amide bonds. The molecule has 0 bridgehead atoms. The number of guanidine groups is 1. The standard InChI is InChI=1S/C17H34N4O2.HI/c1-6-19-15(22)17(2,3)13-20-16(18-4)21(5)10-7-14-8-11-23-12-9-14;/h14H,6-13H2,1-5H3,(H,18,20)(H,19,22);1H. The Labute approximate surface area is 164 Å². The third kappa shape index (κ3) is 8.00. The zero-order valence-electron chi connectivity index (χ0n) is 15.9. The first kappa shape index (κ1) is 23.4. The van der Waals surface area contributed by atoms with Crippen LogP contribution in [0.4, 0.5) is 0 Å². The number of halogens is 1. The second-order valence-corrected chi connectivity index (χ2v) is 6.91. The van der Waals surface area contributed by atoms with Crippen molar-refractivity contribution in [3.05, 3.63) is 0 Å². The molecule has 0 atom stereocenters. The van der Waals surface area contributed by atoms with E-state index in [0.717, 1.165) is 50.9 Å². The van der Waals surface area contributed by atoms with Crippen LogP contribution in [0.25, 0.3) is 0 Å². The molecule has 1 fully saturated rings. The lowest BCUT2D eigenvalue weighted by atomic mass is 9.92. The van der Waals surface area contributed by atoms with Crippen LogP contribution in [0, 0.1) is 11.3 Å². The summed E-state index contributed by atoms with van der Waals surface area (Å²) in [5.74, 6) is 1.65. The topological polar surface area (TPSA) is 66.0 Å². The summed E-state index contributed by atoms with van der Waals surface area (Å²) < 4.78 is 5.41. The summed E-state index contributed by atoms with van der Waals surface area (Å²) >= 11 is 0. The third-order valence-corrected chi connectivity index (χ3v) is 4.43. The van der Waals surface area contributed by atoms with E-state index in [1.165, 1.54) is 0 Å². The minimum Gasteiger partial charge on any atom is -0.381 e. The van der Waals surface area contributed by atoms with Gasteiger partial charge in [0.05, 0.1) is 5.41 Å². The van der Waals surface area contributed by atoms with Gasteiger partial charge in [-0.3, -0.25) is 9.79 Å². The molecule has 2 N–H and O–H groups in total. The number of amides is 1. The molecule has 142 valence electrons. The first-order valence-electron chi connectivity index (χ1n) is 8.68. The molecular weight excluding hydrogens is 419 g/mol. The van der Waals surface area contributed by atoms with E-state index < -0.39 is 5.41 Å². The van der Waals surface area contributed by atoms with Crippen molar-refractivity contribution in [1.82, 2.24) is 15.5 Å². The van der Waals surface area contributed by atoms with E-state index in [0.29, 0.717) is 13.1 Å². The summed E-state index contributed by atoms with van der Waals surface area (Å²) in [6.45, 7) is 9.79. The smallest absolute Gasteiger partial charge is 0.227 e. The van der Waals surface area contributed by atoms with Crippen molar-refractivity contribution in [1.29, 1.82) is 0 Å². The van der Waals surface area contributed by atoms with E-state index in [-0.39, 0.29) is 29.9 Å². The molecular formula is C17H35IN4O2. The van der Waals surface area contributed by atoms with E-state index in [1.54, 1.807) is 7.05 Å². The van der Waals surface area contributed by atoms with Gasteiger partial charge in [-0.15, -0.1) is 24.0 Å². The van der Waals surface area contributed by atoms with E-state index in [1.807, 2.05) is 27.8 Å². The minimum atomic E-state index is -0.465. The molecule has 0 aromatic carbocycles. The fourth-order valence-electron chi connectivity index (χ4n) is 2.68. The fourth-order valence-corrected chi connectivity index (χ4v) is 2.68. The van der Waals surface area contributed by atoms with Gasteiger partial charge in [0.15, 0.2) is 5.96 Å². The Kier molecular flexibility index (Phi) is 11.6. The van der Waals surface area contributed by atoms with Crippen LogP contribution in [0.5, 0.6) is 0 Å². The Morgan fingerprint density at radius 2 is 1.92 bits per heavy atom. The molecule has 1 aliphatic heterocycles. The molecule has 0 aliphatic carbocycles. The maximum absolute atomic E-state index is 12.1. The first-order valence-corrected chi connectivity index (χ1v) is 8.68. The molecule has 24 heavy (non-hydrogen) atoms. The molecule has 0 saturated carbocycles. The number of carbonyl (C=O) groups excluding carboxylic acids is 1. The summed E-state index contributed by atoms with van der Waals surface area (Å²) in [6.07, 6.45) is 3.47. The summed E-state index contributed by atoms with van der Waals surface area (Å²) in [6, 6.07) is 0. The summed E-state index contributed by atoms with van der Waals surface area (Å²) in [4.78, 5) is 18.5. The average Bonchev–Trinajstić information content (AvgIpc) is 2.54. The van der Waals surface area contributed by atoms with Gasteiger partial charge >= 0.3 is 0 Å². The van der Waals surface area contributed by atoms with Gasteiger partial charge in [0.1, 0.15) is 0 Å². The Morgan fingerprint density at radius 1 is 1.29 bits per heavy atom. The van der Waals surface area contributed by atoms with Crippen LogP contribution in [0.2, 0.25) is 0 Å². The van der Waals surface area contributed by atoms with Crippen LogP contribution in [-0.4, -0.2) is 63.7 Å². The van der Waals surface area contributed by atoms with E-state index in [9.17, 15) is 4.79 Å². The molecule has 0 aromatic heterocycles. The van der Waals surface area contributed by atoms with Crippen molar-refractivity contribution in [3.63, 3.8) is 0 Å². The highest BCUT2D eigenvalue weighted by molar-refractivity contribution is 14.0. The van der Waals surface area contributed by atoms with Gasteiger partial charge in [0.25, 0.3) is 0 Å². The second-order valence-electron chi connectivity index (χ2n) is 6.91. The van der Waals surface area contributed by atoms with E-state index >= 15 is 0 Å². The van der Waals surface area contributed by atoms with Crippen molar-refractivity contribution in [3.8, 4) is 0 Å². The van der Waals surface area contributed by atoms with Crippen molar-refractivity contribution >= 4 is 35.8 Å². The zero-order valence-corrected chi connectivity index (χ0v) is 18.2. The molecule has 1 heterocycles. The van der Waals surface area contributed by atoms with Crippen molar-refractivity contribution < 1.29 is 9.53 Å². The molecule has 0 radical (unpaired) electrons. The van der Waals surface area contributed by atoms with Gasteiger partial charge in [0.2, 0.25) is 5.91 Å². The van der Waals surface area contributed by atoms with Crippen LogP contribution >= 0.6 is 24.0 Å². The molecule has 7 heteroatoms. The van der Waals surface area contributed by atoms with Gasteiger partial charge in [-0.05, 0) is 46.0 Å². The maximum atomic E-state index is 12.1. The predicted octanol–water partition coefficient (Wildman–Crippen LogP) is 2.09. The zero-order chi connectivity index (χ0) is 17.3. The summed E-state index contributed by atoms with van der Waals surface area (Å²) in [5.41, 5.74) is -0.465. The predicted molar refractivity (Wildman–Crippen MR) is 110 cm³/mol. The monoisotopic (exact) mass is 454 g/mol. The summed E-state index contributed by atoms with van der Waals surface area (Å²) in [7, 11) is 3.83. The number of nitrogens with zero attached hydrogens (tertiary/aromatic N) is 2. The average molecular weight is 454 g/mol. The van der Waals surface area contributed by atoms with Crippen LogP contribution < -0.4 is 10.6 Å². The van der Waals surface area contributed by atoms with Gasteiger partial charge in [-0.1, -0.05) is 0 Å². The number of hydrogen-bond acceptors (Lipinski definition) is 3. The van der Waals surface area contributed by atoms with Gasteiger partial charge in [-0.25, -0.2) is 0 Å². The van der Waals surface area contributed by atoms with Crippen LogP contribution in [0.3, 0.4) is 0 Å². The number of aliphatic imine (C=N–C) groups is 1. The first-order chi connectivity index (χ1) is 10.9. The Morgan fingerprint density at radius 3 is 2.46 bits per heavy atom. The fraction of sp³-hybridized carbons (Fsp3) is 0.882. The van der Waals surface area contributed by atoms with Crippen LogP contribution in [-0.2, 0) is 9.53 Å². The lowest BCUT2D eigenvalue weighted by Gasteiger charge is -2.29. The summed E-state index contributed by atoms with van der Waals surface area (Å²) in [5, 5.41) is 6.21. The second kappa shape index (κ2) is 11.9. The van der Waals surface area contributed by atoms with Gasteiger partial charge in [-0.2, -0.15) is 0 Å². The minimum absolute atomic E-state index is 0. The van der Waals surface area contributed by atoms with Crippen molar-refractivity contribution in [2.75, 3.05) is 46.9 Å². The highest BCUT2D eigenvalue weighted by Crippen LogP contribution is 2.18. The molecule has 0 aromatic rings. The molecule has 1 rings (SSSR count). The number of ether oxygens (including phenoxy) is 1. The number of rotatable bonds is 7. The van der Waals surface area contributed by atoms with Crippen molar-refractivity contribution in [2.24, 2.45) is 16.3 Å². The SMILES string of the molecule is CCNC(=O)C(C)(C)CNC(=NC)N(C)CCC1CCOCC1.I. The maximum Gasteiger partial charge on any atom is 0.227 e.